The molecule has 4 aromatic rings. The Hall–Kier alpha value is -3.45. The summed E-state index contributed by atoms with van der Waals surface area (Å²) in [7, 11) is 0. The van der Waals surface area contributed by atoms with Gasteiger partial charge in [-0.15, -0.1) is 11.3 Å². The molecule has 0 spiro atoms. The van der Waals surface area contributed by atoms with Crippen molar-refractivity contribution in [2.24, 2.45) is 0 Å². The van der Waals surface area contributed by atoms with Crippen LogP contribution >= 0.6 is 11.3 Å². The van der Waals surface area contributed by atoms with E-state index in [1.54, 1.807) is 0 Å². The molecule has 0 bridgehead atoms. The third kappa shape index (κ3) is 3.91. The lowest BCUT2D eigenvalue weighted by molar-refractivity contribution is -0.122. The summed E-state index contributed by atoms with van der Waals surface area (Å²) in [6, 6.07) is 15.8. The number of nitrogens with zero attached hydrogens (tertiary/aromatic N) is 2. The molecule has 1 amide bonds. The van der Waals surface area contributed by atoms with Gasteiger partial charge in [0.05, 0.1) is 24.4 Å². The molecule has 0 saturated heterocycles. The highest BCUT2D eigenvalue weighted by Gasteiger charge is 2.22. The third-order valence-electron chi connectivity index (χ3n) is 5.80. The Balaban J connectivity index is 1.33. The van der Waals surface area contributed by atoms with E-state index >= 15 is 0 Å². The van der Waals surface area contributed by atoms with E-state index in [0.717, 1.165) is 28.9 Å². The first kappa shape index (κ1) is 20.5. The summed E-state index contributed by atoms with van der Waals surface area (Å²) in [4.78, 5) is 31.0. The topological polar surface area (TPSA) is 73.2 Å². The van der Waals surface area contributed by atoms with Crippen LogP contribution in [0.25, 0.3) is 21.3 Å². The number of rotatable bonds is 5. The fourth-order valence-electron chi connectivity index (χ4n) is 4.05. The van der Waals surface area contributed by atoms with Gasteiger partial charge < -0.3 is 10.1 Å². The molecule has 7 heteroatoms. The Labute approximate surface area is 189 Å². The Morgan fingerprint density at radius 2 is 2.03 bits per heavy atom. The minimum atomic E-state index is -0.115. The Bertz CT molecular complexity index is 1340. The molecular formula is C25H23N3O3S. The standard InChI is InChI=1S/C25H23N3O3S/c1-16-6-8-17(9-7-16)19-14-32-24-23(19)25(30)28(15-26-24)12-10-22(29)27-20-11-13-31-21-5-3-2-4-18(20)21/h2-9,14-15,20H,10-13H2,1H3,(H,27,29). The minimum Gasteiger partial charge on any atom is -0.493 e. The van der Waals surface area contributed by atoms with Gasteiger partial charge in [0.15, 0.2) is 0 Å². The van der Waals surface area contributed by atoms with E-state index in [0.29, 0.717) is 16.8 Å². The van der Waals surface area contributed by atoms with Crippen LogP contribution in [-0.4, -0.2) is 22.1 Å². The lowest BCUT2D eigenvalue weighted by atomic mass is 10.0. The van der Waals surface area contributed by atoms with Crippen molar-refractivity contribution in [2.75, 3.05) is 6.61 Å². The van der Waals surface area contributed by atoms with Crippen molar-refractivity contribution in [3.8, 4) is 16.9 Å². The largest absolute Gasteiger partial charge is 0.493 e. The van der Waals surface area contributed by atoms with Gasteiger partial charge in [-0.2, -0.15) is 0 Å². The number of aromatic nitrogens is 2. The number of carbonyl (C=O) groups excluding carboxylic acids is 1. The first-order valence-corrected chi connectivity index (χ1v) is 11.5. The quantitative estimate of drug-likeness (QED) is 0.492. The molecule has 3 heterocycles. The summed E-state index contributed by atoms with van der Waals surface area (Å²) in [6.07, 6.45) is 2.47. The molecule has 32 heavy (non-hydrogen) atoms. The molecule has 162 valence electrons. The molecule has 5 rings (SSSR count). The van der Waals surface area contributed by atoms with Gasteiger partial charge in [0.2, 0.25) is 5.91 Å². The van der Waals surface area contributed by atoms with E-state index in [2.05, 4.69) is 10.3 Å². The zero-order valence-corrected chi connectivity index (χ0v) is 18.5. The number of aryl methyl sites for hydroxylation is 2. The fraction of sp³-hybridized carbons (Fsp3) is 0.240. The summed E-state index contributed by atoms with van der Waals surface area (Å²) >= 11 is 1.46. The second-order valence-corrected chi connectivity index (χ2v) is 8.84. The second kappa shape index (κ2) is 8.59. The van der Waals surface area contributed by atoms with Crippen LogP contribution in [0.3, 0.4) is 0 Å². The lowest BCUT2D eigenvalue weighted by Crippen LogP contribution is -2.33. The molecule has 2 aromatic heterocycles. The van der Waals surface area contributed by atoms with E-state index < -0.39 is 0 Å². The van der Waals surface area contributed by atoms with E-state index in [9.17, 15) is 9.59 Å². The van der Waals surface area contributed by atoms with E-state index in [1.807, 2.05) is 60.8 Å². The maximum Gasteiger partial charge on any atom is 0.262 e. The monoisotopic (exact) mass is 445 g/mol. The smallest absolute Gasteiger partial charge is 0.262 e. The van der Waals surface area contributed by atoms with Gasteiger partial charge in [0, 0.05) is 35.9 Å². The van der Waals surface area contributed by atoms with Crippen molar-refractivity contribution in [2.45, 2.75) is 32.4 Å². The highest BCUT2D eigenvalue weighted by Crippen LogP contribution is 2.32. The molecule has 0 radical (unpaired) electrons. The predicted octanol–water partition coefficient (Wildman–Crippen LogP) is 4.46. The van der Waals surface area contributed by atoms with Crippen LogP contribution < -0.4 is 15.6 Å². The van der Waals surface area contributed by atoms with Crippen LogP contribution in [0, 0.1) is 6.92 Å². The van der Waals surface area contributed by atoms with Crippen molar-refractivity contribution in [1.82, 2.24) is 14.9 Å². The van der Waals surface area contributed by atoms with Crippen LogP contribution in [0.1, 0.15) is 30.0 Å². The fourth-order valence-corrected chi connectivity index (χ4v) is 4.96. The molecule has 1 N–H and O–H groups in total. The zero-order valence-electron chi connectivity index (χ0n) is 17.7. The van der Waals surface area contributed by atoms with Crippen molar-refractivity contribution < 1.29 is 9.53 Å². The first-order chi connectivity index (χ1) is 15.6. The van der Waals surface area contributed by atoms with Crippen LogP contribution in [0.15, 0.2) is 65.0 Å². The number of carbonyl (C=O) groups is 1. The number of thiophene rings is 1. The normalized spacial score (nSPS) is 15.2. The SMILES string of the molecule is Cc1ccc(-c2csc3ncn(CCC(=O)NC4CCOc5ccccc54)c(=O)c23)cc1. The molecule has 0 fully saturated rings. The Morgan fingerprint density at radius 3 is 2.88 bits per heavy atom. The molecule has 6 nitrogen and oxygen atoms in total. The average Bonchev–Trinajstić information content (AvgIpc) is 3.24. The number of hydrogen-bond acceptors (Lipinski definition) is 5. The molecule has 1 aliphatic rings. The third-order valence-corrected chi connectivity index (χ3v) is 6.68. The number of fused-ring (bicyclic) bond motifs is 2. The van der Waals surface area contributed by atoms with Crippen LogP contribution in [-0.2, 0) is 11.3 Å². The first-order valence-electron chi connectivity index (χ1n) is 10.6. The number of nitrogens with one attached hydrogen (secondary N) is 1. The average molecular weight is 446 g/mol. The van der Waals surface area contributed by atoms with Gasteiger partial charge >= 0.3 is 0 Å². The zero-order chi connectivity index (χ0) is 22.1. The van der Waals surface area contributed by atoms with Crippen molar-refractivity contribution in [3.05, 3.63) is 81.7 Å². The number of hydrogen-bond donors (Lipinski definition) is 1. The second-order valence-electron chi connectivity index (χ2n) is 7.98. The van der Waals surface area contributed by atoms with Gasteiger partial charge in [-0.05, 0) is 18.6 Å². The summed E-state index contributed by atoms with van der Waals surface area (Å²) in [5.74, 6) is 0.721. The molecule has 0 aliphatic carbocycles. The highest BCUT2D eigenvalue weighted by atomic mass is 32.1. The van der Waals surface area contributed by atoms with Gasteiger partial charge in [0.25, 0.3) is 5.56 Å². The Kier molecular flexibility index (Phi) is 5.49. The Morgan fingerprint density at radius 1 is 1.22 bits per heavy atom. The number of para-hydroxylation sites is 1. The number of ether oxygens (including phenoxy) is 1. The molecule has 1 unspecified atom stereocenters. The molecule has 0 saturated carbocycles. The van der Waals surface area contributed by atoms with Crippen LogP contribution in [0.4, 0.5) is 0 Å². The number of benzene rings is 2. The minimum absolute atomic E-state index is 0.0743. The summed E-state index contributed by atoms with van der Waals surface area (Å²) < 4.78 is 7.20. The number of amides is 1. The van der Waals surface area contributed by atoms with E-state index in [1.165, 1.54) is 27.8 Å². The van der Waals surface area contributed by atoms with Gasteiger partial charge in [-0.25, -0.2) is 4.98 Å². The molecule has 1 atom stereocenters. The maximum absolute atomic E-state index is 13.2. The lowest BCUT2D eigenvalue weighted by Gasteiger charge is -2.26. The van der Waals surface area contributed by atoms with Crippen molar-refractivity contribution >= 4 is 27.5 Å². The molecule has 1 aliphatic heterocycles. The maximum atomic E-state index is 13.2. The molecule has 2 aromatic carbocycles. The summed E-state index contributed by atoms with van der Waals surface area (Å²) in [5.41, 5.74) is 3.93. The predicted molar refractivity (Wildman–Crippen MR) is 126 cm³/mol. The van der Waals surface area contributed by atoms with Crippen molar-refractivity contribution in [3.63, 3.8) is 0 Å². The summed E-state index contributed by atoms with van der Waals surface area (Å²) in [6.45, 7) is 2.89. The van der Waals surface area contributed by atoms with Gasteiger partial charge in [0.1, 0.15) is 10.6 Å². The summed E-state index contributed by atoms with van der Waals surface area (Å²) in [5, 5.41) is 5.67. The van der Waals surface area contributed by atoms with Crippen LogP contribution in [0.2, 0.25) is 0 Å². The van der Waals surface area contributed by atoms with Gasteiger partial charge in [-0.3, -0.25) is 14.2 Å². The van der Waals surface area contributed by atoms with Crippen molar-refractivity contribution in [1.29, 1.82) is 0 Å². The van der Waals surface area contributed by atoms with Crippen LogP contribution in [0.5, 0.6) is 5.75 Å². The van der Waals surface area contributed by atoms with E-state index in [4.69, 9.17) is 4.74 Å². The highest BCUT2D eigenvalue weighted by molar-refractivity contribution is 7.17. The van der Waals surface area contributed by atoms with E-state index in [-0.39, 0.29) is 30.5 Å². The molecular weight excluding hydrogens is 422 g/mol. The van der Waals surface area contributed by atoms with Gasteiger partial charge in [-0.1, -0.05) is 48.0 Å².